The van der Waals surface area contributed by atoms with Crippen molar-refractivity contribution in [1.29, 1.82) is 0 Å². The van der Waals surface area contributed by atoms with Crippen molar-refractivity contribution in [3.05, 3.63) is 30.3 Å². The van der Waals surface area contributed by atoms with Crippen LogP contribution in [0.3, 0.4) is 0 Å². The number of rotatable bonds is 5. The minimum Gasteiger partial charge on any atom is -0.340 e. The highest BCUT2D eigenvalue weighted by molar-refractivity contribution is 8.00. The summed E-state index contributed by atoms with van der Waals surface area (Å²) in [5.74, 6) is 0.818. The Balaban J connectivity index is 1.58. The fourth-order valence-electron chi connectivity index (χ4n) is 3.99. The highest BCUT2D eigenvalue weighted by atomic mass is 32.2. The average molecular weight is 333 g/mol. The summed E-state index contributed by atoms with van der Waals surface area (Å²) in [7, 11) is 2.02. The van der Waals surface area contributed by atoms with Crippen LogP contribution in [0.15, 0.2) is 35.2 Å². The highest BCUT2D eigenvalue weighted by Crippen LogP contribution is 2.29. The molecule has 1 aliphatic heterocycles. The molecule has 0 radical (unpaired) electrons. The van der Waals surface area contributed by atoms with E-state index in [1.54, 1.807) is 11.8 Å². The minimum atomic E-state index is 0.273. The number of likely N-dealkylation sites (tertiary alicyclic amines) is 1. The van der Waals surface area contributed by atoms with Gasteiger partial charge in [0.05, 0.1) is 5.75 Å². The van der Waals surface area contributed by atoms with Crippen LogP contribution in [0.25, 0.3) is 0 Å². The molecule has 0 aromatic heterocycles. The molecule has 1 saturated carbocycles. The number of thioether (sulfide) groups is 1. The quantitative estimate of drug-likeness (QED) is 0.769. The summed E-state index contributed by atoms with van der Waals surface area (Å²) in [6.45, 7) is 2.45. The summed E-state index contributed by atoms with van der Waals surface area (Å²) in [5, 5.41) is 0. The number of nitrogens with zero attached hydrogens (tertiary/aromatic N) is 2. The van der Waals surface area contributed by atoms with E-state index in [1.807, 2.05) is 25.2 Å². The van der Waals surface area contributed by atoms with Crippen LogP contribution in [-0.2, 0) is 4.79 Å². The lowest BCUT2D eigenvalue weighted by Gasteiger charge is -2.42. The van der Waals surface area contributed by atoms with Crippen molar-refractivity contribution in [3.8, 4) is 0 Å². The Kier molecular flexibility index (Phi) is 6.01. The van der Waals surface area contributed by atoms with Crippen molar-refractivity contribution < 1.29 is 4.79 Å². The van der Waals surface area contributed by atoms with Crippen molar-refractivity contribution >= 4 is 17.7 Å². The third kappa shape index (κ3) is 4.30. The Morgan fingerprint density at radius 3 is 2.57 bits per heavy atom. The third-order valence-electron chi connectivity index (χ3n) is 5.30. The molecule has 2 atom stereocenters. The van der Waals surface area contributed by atoms with Gasteiger partial charge in [0.1, 0.15) is 0 Å². The summed E-state index contributed by atoms with van der Waals surface area (Å²) >= 11 is 1.65. The molecule has 1 aliphatic carbocycles. The number of carbonyl (C=O) groups is 1. The van der Waals surface area contributed by atoms with E-state index in [0.29, 0.717) is 17.8 Å². The Labute approximate surface area is 144 Å². The summed E-state index contributed by atoms with van der Waals surface area (Å²) in [5.41, 5.74) is 0. The molecular weight excluding hydrogens is 304 g/mol. The molecule has 1 aromatic rings. The maximum atomic E-state index is 12.7. The van der Waals surface area contributed by atoms with E-state index < -0.39 is 0 Å². The maximum Gasteiger partial charge on any atom is 0.232 e. The lowest BCUT2D eigenvalue weighted by molar-refractivity contribution is -0.131. The zero-order chi connectivity index (χ0) is 16.1. The number of hydrogen-bond acceptors (Lipinski definition) is 3. The van der Waals surface area contributed by atoms with Crippen LogP contribution in [0.4, 0.5) is 0 Å². The molecule has 0 bridgehead atoms. The Morgan fingerprint density at radius 2 is 1.83 bits per heavy atom. The predicted octanol–water partition coefficient (Wildman–Crippen LogP) is 3.64. The molecule has 1 saturated heterocycles. The fourth-order valence-corrected chi connectivity index (χ4v) is 4.83. The Morgan fingerprint density at radius 1 is 1.13 bits per heavy atom. The van der Waals surface area contributed by atoms with Crippen LogP contribution in [-0.4, -0.2) is 53.7 Å². The molecule has 126 valence electrons. The molecule has 1 heterocycles. The molecule has 1 amide bonds. The molecule has 0 N–H and O–H groups in total. The van der Waals surface area contributed by atoms with Gasteiger partial charge in [0.2, 0.25) is 5.91 Å². The molecule has 4 heteroatoms. The summed E-state index contributed by atoms with van der Waals surface area (Å²) in [4.78, 5) is 18.5. The van der Waals surface area contributed by atoms with E-state index in [1.165, 1.54) is 56.5 Å². The first-order chi connectivity index (χ1) is 11.3. The standard InChI is InChI=1S/C19H28N2OS/c1-20(19(22)15-23-16-9-3-2-4-10-16)17-11-5-6-12-18(17)21-13-7-8-14-21/h2-4,9-10,17-18H,5-8,11-15H2,1H3/t17-,18+/m1/s1. The van der Waals surface area contributed by atoms with Gasteiger partial charge in [-0.2, -0.15) is 0 Å². The van der Waals surface area contributed by atoms with E-state index in [0.717, 1.165) is 0 Å². The van der Waals surface area contributed by atoms with E-state index in [9.17, 15) is 4.79 Å². The smallest absolute Gasteiger partial charge is 0.232 e. The lowest BCUT2D eigenvalue weighted by atomic mass is 9.88. The average Bonchev–Trinajstić information content (AvgIpc) is 3.14. The molecule has 23 heavy (non-hydrogen) atoms. The largest absolute Gasteiger partial charge is 0.340 e. The summed E-state index contributed by atoms with van der Waals surface area (Å²) in [6, 6.07) is 11.2. The molecule has 0 unspecified atom stereocenters. The number of likely N-dealkylation sites (N-methyl/N-ethyl adjacent to an activating group) is 1. The number of hydrogen-bond donors (Lipinski definition) is 0. The van der Waals surface area contributed by atoms with Gasteiger partial charge in [0.25, 0.3) is 0 Å². The summed E-state index contributed by atoms with van der Waals surface area (Å²) in [6.07, 6.45) is 7.65. The SMILES string of the molecule is CN(C(=O)CSc1ccccc1)[C@@H]1CCCC[C@@H]1N1CCCC1. The van der Waals surface area contributed by atoms with Gasteiger partial charge in [-0.3, -0.25) is 9.69 Å². The van der Waals surface area contributed by atoms with Gasteiger partial charge < -0.3 is 4.90 Å². The zero-order valence-electron chi connectivity index (χ0n) is 14.1. The molecule has 1 aromatic carbocycles. The Bertz CT molecular complexity index is 501. The van der Waals surface area contributed by atoms with Gasteiger partial charge in [-0.15, -0.1) is 11.8 Å². The van der Waals surface area contributed by atoms with Crippen LogP contribution in [0.5, 0.6) is 0 Å². The minimum absolute atomic E-state index is 0.273. The van der Waals surface area contributed by atoms with Gasteiger partial charge in [0.15, 0.2) is 0 Å². The zero-order valence-corrected chi connectivity index (χ0v) is 14.9. The maximum absolute atomic E-state index is 12.7. The number of amides is 1. The van der Waals surface area contributed by atoms with Crippen molar-refractivity contribution in [3.63, 3.8) is 0 Å². The first-order valence-corrected chi connectivity index (χ1v) is 9.92. The van der Waals surface area contributed by atoms with E-state index in [4.69, 9.17) is 0 Å². The molecular formula is C19H28N2OS. The van der Waals surface area contributed by atoms with Gasteiger partial charge in [-0.05, 0) is 50.9 Å². The number of benzene rings is 1. The van der Waals surface area contributed by atoms with Gasteiger partial charge in [0, 0.05) is 24.0 Å². The van der Waals surface area contributed by atoms with Crippen LogP contribution in [0, 0.1) is 0 Å². The second-order valence-electron chi connectivity index (χ2n) is 6.77. The monoisotopic (exact) mass is 332 g/mol. The third-order valence-corrected chi connectivity index (χ3v) is 6.30. The van der Waals surface area contributed by atoms with E-state index >= 15 is 0 Å². The number of carbonyl (C=O) groups excluding carboxylic acids is 1. The molecule has 3 rings (SSSR count). The first kappa shape index (κ1) is 16.8. The fraction of sp³-hybridized carbons (Fsp3) is 0.632. The highest BCUT2D eigenvalue weighted by Gasteiger charge is 2.35. The van der Waals surface area contributed by atoms with Crippen molar-refractivity contribution in [1.82, 2.24) is 9.80 Å². The molecule has 2 fully saturated rings. The summed E-state index contributed by atoms with van der Waals surface area (Å²) < 4.78 is 0. The molecule has 0 spiro atoms. The second-order valence-corrected chi connectivity index (χ2v) is 7.82. The van der Waals surface area contributed by atoms with Gasteiger partial charge >= 0.3 is 0 Å². The van der Waals surface area contributed by atoms with Crippen LogP contribution >= 0.6 is 11.8 Å². The van der Waals surface area contributed by atoms with Gasteiger partial charge in [-0.25, -0.2) is 0 Å². The first-order valence-electron chi connectivity index (χ1n) is 8.93. The van der Waals surface area contributed by atoms with Crippen LogP contribution in [0.1, 0.15) is 38.5 Å². The second kappa shape index (κ2) is 8.20. The van der Waals surface area contributed by atoms with Crippen LogP contribution in [0.2, 0.25) is 0 Å². The molecule has 3 nitrogen and oxygen atoms in total. The lowest BCUT2D eigenvalue weighted by Crippen LogP contribution is -2.53. The van der Waals surface area contributed by atoms with Crippen molar-refractivity contribution in [2.45, 2.75) is 55.5 Å². The van der Waals surface area contributed by atoms with Crippen LogP contribution < -0.4 is 0 Å². The predicted molar refractivity (Wildman–Crippen MR) is 96.8 cm³/mol. The van der Waals surface area contributed by atoms with Crippen molar-refractivity contribution in [2.24, 2.45) is 0 Å². The van der Waals surface area contributed by atoms with E-state index in [2.05, 4.69) is 21.9 Å². The van der Waals surface area contributed by atoms with Gasteiger partial charge in [-0.1, -0.05) is 31.0 Å². The van der Waals surface area contributed by atoms with E-state index in [-0.39, 0.29) is 5.91 Å². The topological polar surface area (TPSA) is 23.6 Å². The molecule has 2 aliphatic rings. The normalized spacial score (nSPS) is 25.4. The van der Waals surface area contributed by atoms with Crippen molar-refractivity contribution in [2.75, 3.05) is 25.9 Å². The Hall–Kier alpha value is -1.00.